The first-order valence-corrected chi connectivity index (χ1v) is 8.27. The van der Waals surface area contributed by atoms with Gasteiger partial charge in [0, 0.05) is 36.8 Å². The fraction of sp³-hybridized carbons (Fsp3) is 0.294. The van der Waals surface area contributed by atoms with Crippen LogP contribution >= 0.6 is 11.6 Å². The van der Waals surface area contributed by atoms with Crippen molar-refractivity contribution >= 4 is 29.3 Å². The van der Waals surface area contributed by atoms with Crippen molar-refractivity contribution in [2.45, 2.75) is 6.42 Å². The number of halogens is 1. The smallest absolute Gasteiger partial charge is 0.356 e. The third-order valence-electron chi connectivity index (χ3n) is 4.06. The van der Waals surface area contributed by atoms with E-state index in [1.807, 2.05) is 9.80 Å². The van der Waals surface area contributed by atoms with Gasteiger partial charge in [0.05, 0.1) is 12.4 Å². The lowest BCUT2D eigenvalue weighted by Crippen LogP contribution is -2.35. The Morgan fingerprint density at radius 1 is 1.00 bits per heavy atom. The molecule has 8 heteroatoms. The van der Waals surface area contributed by atoms with E-state index in [2.05, 4.69) is 9.97 Å². The van der Waals surface area contributed by atoms with Gasteiger partial charge in [-0.3, -0.25) is 4.79 Å². The van der Waals surface area contributed by atoms with Gasteiger partial charge in [-0.15, -0.1) is 0 Å². The Kier molecular flexibility index (Phi) is 5.14. The zero-order valence-corrected chi connectivity index (χ0v) is 14.2. The Morgan fingerprint density at radius 3 is 2.40 bits per heavy atom. The van der Waals surface area contributed by atoms with Gasteiger partial charge in [-0.1, -0.05) is 11.6 Å². The first kappa shape index (κ1) is 17.2. The van der Waals surface area contributed by atoms with Crippen molar-refractivity contribution in [2.75, 3.05) is 31.1 Å². The minimum Gasteiger partial charge on any atom is -0.476 e. The zero-order valence-electron chi connectivity index (χ0n) is 13.4. The first-order chi connectivity index (χ1) is 12.0. The van der Waals surface area contributed by atoms with E-state index in [0.29, 0.717) is 36.0 Å². The lowest BCUT2D eigenvalue weighted by Gasteiger charge is -2.22. The molecule has 1 saturated heterocycles. The van der Waals surface area contributed by atoms with E-state index in [9.17, 15) is 9.59 Å². The van der Waals surface area contributed by atoms with Crippen LogP contribution in [0.1, 0.15) is 27.3 Å². The Balaban J connectivity index is 1.66. The Bertz CT molecular complexity index is 764. The van der Waals surface area contributed by atoms with Gasteiger partial charge in [0.1, 0.15) is 5.82 Å². The van der Waals surface area contributed by atoms with Gasteiger partial charge in [0.25, 0.3) is 5.91 Å². The van der Waals surface area contributed by atoms with Crippen LogP contribution in [0.25, 0.3) is 0 Å². The van der Waals surface area contributed by atoms with E-state index in [-0.39, 0.29) is 11.6 Å². The summed E-state index contributed by atoms with van der Waals surface area (Å²) >= 11 is 5.86. The molecule has 1 amide bonds. The predicted molar refractivity (Wildman–Crippen MR) is 93.2 cm³/mol. The van der Waals surface area contributed by atoms with Crippen LogP contribution in [0.3, 0.4) is 0 Å². The van der Waals surface area contributed by atoms with Gasteiger partial charge < -0.3 is 14.9 Å². The molecule has 0 saturated carbocycles. The summed E-state index contributed by atoms with van der Waals surface area (Å²) < 4.78 is 0. The second kappa shape index (κ2) is 7.48. The Labute approximate surface area is 149 Å². The molecule has 0 radical (unpaired) electrons. The SMILES string of the molecule is O=C(O)c1cnc(N2CCCN(C(=O)c3ccc(Cl)cc3)CC2)cn1. The third-order valence-corrected chi connectivity index (χ3v) is 4.31. The maximum atomic E-state index is 12.6. The highest BCUT2D eigenvalue weighted by Crippen LogP contribution is 2.16. The molecule has 2 heterocycles. The highest BCUT2D eigenvalue weighted by molar-refractivity contribution is 6.30. The molecule has 1 N–H and O–H groups in total. The van der Waals surface area contributed by atoms with Gasteiger partial charge >= 0.3 is 5.97 Å². The molecule has 1 aromatic heterocycles. The van der Waals surface area contributed by atoms with Gasteiger partial charge in [-0.25, -0.2) is 14.8 Å². The molecule has 7 nitrogen and oxygen atoms in total. The predicted octanol–water partition coefficient (Wildman–Crippen LogP) is 2.18. The first-order valence-electron chi connectivity index (χ1n) is 7.90. The standard InChI is InChI=1S/C17H17ClN4O3/c18-13-4-2-12(3-5-13)16(23)22-7-1-6-21(8-9-22)15-11-19-14(10-20-15)17(24)25/h2-5,10-11H,1,6-9H2,(H,24,25). The maximum absolute atomic E-state index is 12.6. The van der Waals surface area contributed by atoms with Crippen molar-refractivity contribution in [3.63, 3.8) is 0 Å². The summed E-state index contributed by atoms with van der Waals surface area (Å²) in [5.41, 5.74) is 0.529. The summed E-state index contributed by atoms with van der Waals surface area (Å²) in [6.45, 7) is 2.55. The largest absolute Gasteiger partial charge is 0.476 e. The fourth-order valence-electron chi connectivity index (χ4n) is 2.72. The number of carbonyl (C=O) groups excluding carboxylic acids is 1. The second-order valence-corrected chi connectivity index (χ2v) is 6.14. The number of aromatic carboxylic acids is 1. The zero-order chi connectivity index (χ0) is 17.8. The van der Waals surface area contributed by atoms with Crippen molar-refractivity contribution in [3.05, 3.63) is 52.9 Å². The quantitative estimate of drug-likeness (QED) is 0.902. The van der Waals surface area contributed by atoms with E-state index in [4.69, 9.17) is 16.7 Å². The average molecular weight is 361 g/mol. The van der Waals surface area contributed by atoms with Crippen LogP contribution in [0.5, 0.6) is 0 Å². The summed E-state index contributed by atoms with van der Waals surface area (Å²) in [7, 11) is 0. The Morgan fingerprint density at radius 2 is 1.76 bits per heavy atom. The number of anilines is 1. The number of nitrogens with zero attached hydrogens (tertiary/aromatic N) is 4. The molecule has 1 fully saturated rings. The highest BCUT2D eigenvalue weighted by atomic mass is 35.5. The van der Waals surface area contributed by atoms with Crippen LogP contribution in [0.15, 0.2) is 36.7 Å². The summed E-state index contributed by atoms with van der Waals surface area (Å²) in [4.78, 5) is 35.3. The van der Waals surface area contributed by atoms with Crippen LogP contribution < -0.4 is 4.90 Å². The molecule has 1 aliphatic rings. The fourth-order valence-corrected chi connectivity index (χ4v) is 2.85. The average Bonchev–Trinajstić information content (AvgIpc) is 2.88. The van der Waals surface area contributed by atoms with Gasteiger partial charge in [-0.05, 0) is 30.7 Å². The monoisotopic (exact) mass is 360 g/mol. The van der Waals surface area contributed by atoms with Crippen molar-refractivity contribution < 1.29 is 14.7 Å². The van der Waals surface area contributed by atoms with Crippen LogP contribution in [0.2, 0.25) is 5.02 Å². The number of carboxylic acids is 1. The summed E-state index contributed by atoms with van der Waals surface area (Å²) in [5.74, 6) is -0.508. The summed E-state index contributed by atoms with van der Waals surface area (Å²) in [6.07, 6.45) is 3.50. The van der Waals surface area contributed by atoms with E-state index < -0.39 is 5.97 Å². The molecule has 0 aliphatic carbocycles. The molecule has 3 rings (SSSR count). The van der Waals surface area contributed by atoms with Crippen LogP contribution in [-0.2, 0) is 0 Å². The van der Waals surface area contributed by atoms with E-state index in [1.165, 1.54) is 12.4 Å². The molecule has 130 valence electrons. The summed E-state index contributed by atoms with van der Waals surface area (Å²) in [6, 6.07) is 6.86. The van der Waals surface area contributed by atoms with Crippen LogP contribution in [0.4, 0.5) is 5.82 Å². The van der Waals surface area contributed by atoms with Crippen molar-refractivity contribution in [1.82, 2.24) is 14.9 Å². The highest BCUT2D eigenvalue weighted by Gasteiger charge is 2.21. The van der Waals surface area contributed by atoms with E-state index in [1.54, 1.807) is 24.3 Å². The molecule has 0 unspecified atom stereocenters. The number of amides is 1. The number of benzene rings is 1. The minimum absolute atomic E-state index is 0.0224. The molecule has 0 spiro atoms. The maximum Gasteiger partial charge on any atom is 0.356 e. The van der Waals surface area contributed by atoms with Crippen LogP contribution in [-0.4, -0.2) is 58.0 Å². The number of carbonyl (C=O) groups is 2. The molecular weight excluding hydrogens is 344 g/mol. The lowest BCUT2D eigenvalue weighted by molar-refractivity contribution is 0.0689. The Hall–Kier alpha value is -2.67. The number of hydrogen-bond acceptors (Lipinski definition) is 5. The van der Waals surface area contributed by atoms with Gasteiger partial charge in [0.2, 0.25) is 0 Å². The lowest BCUT2D eigenvalue weighted by atomic mass is 10.2. The van der Waals surface area contributed by atoms with E-state index >= 15 is 0 Å². The number of hydrogen-bond donors (Lipinski definition) is 1. The van der Waals surface area contributed by atoms with Gasteiger partial charge in [0.15, 0.2) is 5.69 Å². The molecule has 0 atom stereocenters. The number of aromatic nitrogens is 2. The van der Waals surface area contributed by atoms with Crippen LogP contribution in [0, 0.1) is 0 Å². The normalized spacial score (nSPS) is 14.9. The summed E-state index contributed by atoms with van der Waals surface area (Å²) in [5, 5.41) is 9.48. The van der Waals surface area contributed by atoms with Crippen molar-refractivity contribution in [1.29, 1.82) is 0 Å². The topological polar surface area (TPSA) is 86.6 Å². The molecule has 0 bridgehead atoms. The molecule has 2 aromatic rings. The van der Waals surface area contributed by atoms with Gasteiger partial charge in [-0.2, -0.15) is 0 Å². The second-order valence-electron chi connectivity index (χ2n) is 5.70. The molecule has 1 aliphatic heterocycles. The van der Waals surface area contributed by atoms with Crippen molar-refractivity contribution in [3.8, 4) is 0 Å². The number of carboxylic acid groups (broad SMARTS) is 1. The molecule has 25 heavy (non-hydrogen) atoms. The third kappa shape index (κ3) is 4.06. The van der Waals surface area contributed by atoms with E-state index in [0.717, 1.165) is 13.0 Å². The molecule has 1 aromatic carbocycles. The minimum atomic E-state index is -1.10. The molecular formula is C17H17ClN4O3. The number of rotatable bonds is 3. The van der Waals surface area contributed by atoms with Crippen molar-refractivity contribution in [2.24, 2.45) is 0 Å².